The first-order chi connectivity index (χ1) is 11.0. The SMILES string of the molecule is C=C(/C=C(F)\C(C#N)=C\F)OC(=O)C1CCC2CCCCC2C1. The molecule has 0 bridgehead atoms. The van der Waals surface area contributed by atoms with Crippen LogP contribution in [0, 0.1) is 29.1 Å². The molecule has 0 heterocycles. The number of ether oxygens (including phenoxy) is 1. The molecule has 2 fully saturated rings. The number of carbonyl (C=O) groups is 1. The fourth-order valence-electron chi connectivity index (χ4n) is 3.68. The predicted molar refractivity (Wildman–Crippen MR) is 82.0 cm³/mol. The van der Waals surface area contributed by atoms with E-state index in [0.717, 1.165) is 37.7 Å². The number of halogens is 2. The first-order valence-corrected chi connectivity index (χ1v) is 8.03. The number of allylic oxidation sites excluding steroid dienone is 3. The standard InChI is InChI=1S/C18H21F2NO2/c1-12(8-17(20)16(10-19)11-21)23-18(22)15-7-6-13-4-2-3-5-14(13)9-15/h8,10,13-15H,1-7,9H2/b16-10+,17-8+. The molecule has 0 aromatic carbocycles. The Kier molecular flexibility index (Phi) is 6.09. The van der Waals surface area contributed by atoms with Gasteiger partial charge in [0.1, 0.15) is 29.6 Å². The lowest BCUT2D eigenvalue weighted by Gasteiger charge is -2.38. The molecule has 2 aliphatic rings. The van der Waals surface area contributed by atoms with Crippen LogP contribution >= 0.6 is 0 Å². The molecule has 3 atom stereocenters. The number of hydrogen-bond acceptors (Lipinski definition) is 3. The molecule has 2 saturated carbocycles. The molecule has 0 radical (unpaired) electrons. The van der Waals surface area contributed by atoms with Crippen LogP contribution in [0.2, 0.25) is 0 Å². The minimum atomic E-state index is -1.11. The van der Waals surface area contributed by atoms with Crippen molar-refractivity contribution in [3.8, 4) is 6.07 Å². The summed E-state index contributed by atoms with van der Waals surface area (Å²) >= 11 is 0. The molecule has 23 heavy (non-hydrogen) atoms. The number of nitriles is 1. The summed E-state index contributed by atoms with van der Waals surface area (Å²) in [6.45, 7) is 3.44. The van der Waals surface area contributed by atoms with E-state index in [1.54, 1.807) is 0 Å². The molecule has 3 unspecified atom stereocenters. The monoisotopic (exact) mass is 321 g/mol. The van der Waals surface area contributed by atoms with Crippen LogP contribution in [0.1, 0.15) is 44.9 Å². The zero-order chi connectivity index (χ0) is 16.8. The number of esters is 1. The van der Waals surface area contributed by atoms with Crippen molar-refractivity contribution in [2.24, 2.45) is 17.8 Å². The van der Waals surface area contributed by atoms with Gasteiger partial charge in [-0.1, -0.05) is 32.3 Å². The molecular formula is C18H21F2NO2. The van der Waals surface area contributed by atoms with Crippen LogP contribution in [0.25, 0.3) is 0 Å². The van der Waals surface area contributed by atoms with E-state index in [-0.39, 0.29) is 18.0 Å². The van der Waals surface area contributed by atoms with E-state index in [1.165, 1.54) is 25.3 Å². The van der Waals surface area contributed by atoms with Crippen LogP contribution in [-0.4, -0.2) is 5.97 Å². The summed E-state index contributed by atoms with van der Waals surface area (Å²) < 4.78 is 30.8. The summed E-state index contributed by atoms with van der Waals surface area (Å²) in [5.74, 6) is -0.617. The third-order valence-electron chi connectivity index (χ3n) is 4.88. The topological polar surface area (TPSA) is 50.1 Å². The van der Waals surface area contributed by atoms with Crippen molar-refractivity contribution in [3.63, 3.8) is 0 Å². The molecule has 0 amide bonds. The first kappa shape index (κ1) is 17.4. The minimum Gasteiger partial charge on any atom is -0.427 e. The van der Waals surface area contributed by atoms with Gasteiger partial charge in [-0.3, -0.25) is 4.79 Å². The Balaban J connectivity index is 1.90. The number of hydrogen-bond donors (Lipinski definition) is 0. The maximum atomic E-state index is 13.5. The van der Waals surface area contributed by atoms with E-state index < -0.39 is 17.4 Å². The Bertz CT molecular complexity index is 574. The normalized spacial score (nSPS) is 28.5. The van der Waals surface area contributed by atoms with Crippen molar-refractivity contribution in [1.29, 1.82) is 5.26 Å². The summed E-state index contributed by atoms with van der Waals surface area (Å²) in [6, 6.07) is 1.37. The minimum absolute atomic E-state index is 0.134. The molecular weight excluding hydrogens is 300 g/mol. The van der Waals surface area contributed by atoms with Gasteiger partial charge in [0.15, 0.2) is 0 Å². The van der Waals surface area contributed by atoms with Gasteiger partial charge < -0.3 is 4.74 Å². The molecule has 124 valence electrons. The summed E-state index contributed by atoms with van der Waals surface area (Å²) in [6.07, 6.45) is 8.17. The van der Waals surface area contributed by atoms with Gasteiger partial charge in [0.2, 0.25) is 0 Å². The van der Waals surface area contributed by atoms with Gasteiger partial charge in [-0.05, 0) is 31.1 Å². The van der Waals surface area contributed by atoms with E-state index in [0.29, 0.717) is 5.92 Å². The first-order valence-electron chi connectivity index (χ1n) is 8.03. The second-order valence-corrected chi connectivity index (χ2v) is 6.33. The smallest absolute Gasteiger partial charge is 0.314 e. The zero-order valence-electron chi connectivity index (χ0n) is 13.1. The second kappa shape index (κ2) is 8.05. The van der Waals surface area contributed by atoms with E-state index in [2.05, 4.69) is 6.58 Å². The van der Waals surface area contributed by atoms with Crippen LogP contribution in [0.3, 0.4) is 0 Å². The summed E-state index contributed by atoms with van der Waals surface area (Å²) in [7, 11) is 0. The average molecular weight is 321 g/mol. The van der Waals surface area contributed by atoms with Crippen LogP contribution in [0.4, 0.5) is 8.78 Å². The van der Waals surface area contributed by atoms with Crippen LogP contribution < -0.4 is 0 Å². The van der Waals surface area contributed by atoms with Gasteiger partial charge in [0.25, 0.3) is 0 Å². The third-order valence-corrected chi connectivity index (χ3v) is 4.88. The molecule has 2 rings (SSSR count). The molecule has 0 spiro atoms. The van der Waals surface area contributed by atoms with Crippen molar-refractivity contribution in [3.05, 3.63) is 36.1 Å². The fraction of sp³-hybridized carbons (Fsp3) is 0.556. The van der Waals surface area contributed by atoms with E-state index >= 15 is 0 Å². The number of carbonyl (C=O) groups excluding carboxylic acids is 1. The summed E-state index contributed by atoms with van der Waals surface area (Å²) in [4.78, 5) is 12.2. The molecule has 5 heteroatoms. The Morgan fingerprint density at radius 2 is 1.91 bits per heavy atom. The third kappa shape index (κ3) is 4.51. The largest absolute Gasteiger partial charge is 0.427 e. The molecule has 0 saturated heterocycles. The number of nitrogens with zero attached hydrogens (tertiary/aromatic N) is 1. The average Bonchev–Trinajstić information content (AvgIpc) is 2.55. The Labute approximate surface area is 135 Å². The van der Waals surface area contributed by atoms with Gasteiger partial charge >= 0.3 is 5.97 Å². The Morgan fingerprint density at radius 3 is 2.57 bits per heavy atom. The molecule has 0 aromatic rings. The molecule has 0 aromatic heterocycles. The number of rotatable bonds is 4. The number of fused-ring (bicyclic) bond motifs is 1. The predicted octanol–water partition coefficient (Wildman–Crippen LogP) is 4.88. The molecule has 0 aliphatic heterocycles. The lowest BCUT2D eigenvalue weighted by atomic mass is 9.67. The van der Waals surface area contributed by atoms with Crippen molar-refractivity contribution in [2.45, 2.75) is 44.9 Å². The van der Waals surface area contributed by atoms with Gasteiger partial charge in [-0.25, -0.2) is 8.78 Å². The summed E-state index contributed by atoms with van der Waals surface area (Å²) in [5.41, 5.74) is -0.759. The summed E-state index contributed by atoms with van der Waals surface area (Å²) in [5, 5.41) is 8.53. The molecule has 0 N–H and O–H groups in total. The highest BCUT2D eigenvalue weighted by Crippen LogP contribution is 2.43. The van der Waals surface area contributed by atoms with Gasteiger partial charge in [0, 0.05) is 6.08 Å². The quantitative estimate of drug-likeness (QED) is 0.321. The second-order valence-electron chi connectivity index (χ2n) is 6.33. The van der Waals surface area contributed by atoms with Crippen molar-refractivity contribution in [2.75, 3.05) is 0 Å². The Morgan fingerprint density at radius 1 is 1.22 bits per heavy atom. The van der Waals surface area contributed by atoms with Crippen molar-refractivity contribution < 1.29 is 18.3 Å². The zero-order valence-corrected chi connectivity index (χ0v) is 13.1. The Hall–Kier alpha value is -1.96. The van der Waals surface area contributed by atoms with Gasteiger partial charge in [0.05, 0.1) is 5.92 Å². The molecule has 3 nitrogen and oxygen atoms in total. The lowest BCUT2D eigenvalue weighted by Crippen LogP contribution is -2.31. The highest BCUT2D eigenvalue weighted by molar-refractivity contribution is 5.74. The van der Waals surface area contributed by atoms with E-state index in [4.69, 9.17) is 10.00 Å². The maximum Gasteiger partial charge on any atom is 0.314 e. The van der Waals surface area contributed by atoms with Crippen molar-refractivity contribution >= 4 is 5.97 Å². The van der Waals surface area contributed by atoms with Crippen LogP contribution in [-0.2, 0) is 9.53 Å². The van der Waals surface area contributed by atoms with Gasteiger partial charge in [-0.2, -0.15) is 5.26 Å². The van der Waals surface area contributed by atoms with Crippen LogP contribution in [0.5, 0.6) is 0 Å². The van der Waals surface area contributed by atoms with Gasteiger partial charge in [-0.15, -0.1) is 0 Å². The van der Waals surface area contributed by atoms with E-state index in [9.17, 15) is 13.6 Å². The fourth-order valence-corrected chi connectivity index (χ4v) is 3.68. The highest BCUT2D eigenvalue weighted by atomic mass is 19.1. The van der Waals surface area contributed by atoms with Crippen LogP contribution in [0.15, 0.2) is 36.1 Å². The highest BCUT2D eigenvalue weighted by Gasteiger charge is 2.35. The molecule has 2 aliphatic carbocycles. The van der Waals surface area contributed by atoms with Crippen molar-refractivity contribution in [1.82, 2.24) is 0 Å². The van der Waals surface area contributed by atoms with E-state index in [1.807, 2.05) is 0 Å². The maximum absolute atomic E-state index is 13.5. The lowest BCUT2D eigenvalue weighted by molar-refractivity contribution is -0.146.